The van der Waals surface area contributed by atoms with E-state index in [1.54, 1.807) is 12.1 Å². The Morgan fingerprint density at radius 1 is 1.37 bits per heavy atom. The number of para-hydroxylation sites is 1. The Hall–Kier alpha value is -1.62. The lowest BCUT2D eigenvalue weighted by molar-refractivity contribution is 0.179. The smallest absolute Gasteiger partial charge is 0.245 e. The van der Waals surface area contributed by atoms with Gasteiger partial charge in [0.1, 0.15) is 4.90 Å². The number of methoxy groups -OCH3 is 1. The highest BCUT2D eigenvalue weighted by Crippen LogP contribution is 2.21. The second-order valence-corrected chi connectivity index (χ2v) is 5.75. The van der Waals surface area contributed by atoms with E-state index < -0.39 is 10.0 Å². The molecule has 0 saturated carbocycles. The van der Waals surface area contributed by atoms with E-state index in [2.05, 4.69) is 0 Å². The minimum absolute atomic E-state index is 0.0593. The Bertz CT molecular complexity index is 552. The summed E-state index contributed by atoms with van der Waals surface area (Å²) in [7, 11) is -2.21. The summed E-state index contributed by atoms with van der Waals surface area (Å²) in [6, 6.07) is 8.21. The molecule has 0 aliphatic carbocycles. The van der Waals surface area contributed by atoms with Gasteiger partial charge in [0, 0.05) is 26.6 Å². The molecule has 2 N–H and O–H groups in total. The highest BCUT2D eigenvalue weighted by molar-refractivity contribution is 7.89. The molecule has 0 unspecified atom stereocenters. The summed E-state index contributed by atoms with van der Waals surface area (Å²) in [5.74, 6) is 0. The molecule has 7 heteroatoms. The van der Waals surface area contributed by atoms with Crippen LogP contribution in [0.5, 0.6) is 0 Å². The van der Waals surface area contributed by atoms with Gasteiger partial charge in [-0.05, 0) is 12.1 Å². The van der Waals surface area contributed by atoms with E-state index >= 15 is 0 Å². The molecule has 0 saturated heterocycles. The summed E-state index contributed by atoms with van der Waals surface area (Å²) < 4.78 is 31.0. The predicted octanol–water partition coefficient (Wildman–Crippen LogP) is 0.820. The van der Waals surface area contributed by atoms with Crippen LogP contribution in [0.4, 0.5) is 5.69 Å². The summed E-state index contributed by atoms with van der Waals surface area (Å²) in [6.45, 7) is 0.572. The zero-order chi connectivity index (χ0) is 14.3. The van der Waals surface area contributed by atoms with Crippen LogP contribution in [0, 0.1) is 11.3 Å². The van der Waals surface area contributed by atoms with Gasteiger partial charge < -0.3 is 10.5 Å². The zero-order valence-electron chi connectivity index (χ0n) is 10.7. The van der Waals surface area contributed by atoms with Gasteiger partial charge in [-0.1, -0.05) is 12.1 Å². The number of nitrogens with two attached hydrogens (primary N) is 1. The SMILES string of the molecule is COCCN(CCC#N)S(=O)(=O)c1ccccc1N. The monoisotopic (exact) mass is 283 g/mol. The fourth-order valence-electron chi connectivity index (χ4n) is 1.57. The maximum Gasteiger partial charge on any atom is 0.245 e. The van der Waals surface area contributed by atoms with E-state index in [9.17, 15) is 8.42 Å². The molecule has 0 aromatic heterocycles. The molecule has 0 aliphatic heterocycles. The van der Waals surface area contributed by atoms with Crippen LogP contribution in [0.15, 0.2) is 29.2 Å². The highest BCUT2D eigenvalue weighted by Gasteiger charge is 2.25. The molecule has 0 heterocycles. The number of hydrogen-bond donors (Lipinski definition) is 1. The van der Waals surface area contributed by atoms with Gasteiger partial charge in [0.2, 0.25) is 10.0 Å². The van der Waals surface area contributed by atoms with Crippen LogP contribution in [0.3, 0.4) is 0 Å². The summed E-state index contributed by atoms with van der Waals surface area (Å²) in [6.07, 6.45) is 0.121. The van der Waals surface area contributed by atoms with Gasteiger partial charge in [-0.2, -0.15) is 9.57 Å². The van der Waals surface area contributed by atoms with Gasteiger partial charge in [-0.25, -0.2) is 8.42 Å². The van der Waals surface area contributed by atoms with E-state index in [4.69, 9.17) is 15.7 Å². The molecule has 1 aromatic rings. The van der Waals surface area contributed by atoms with E-state index in [0.29, 0.717) is 0 Å². The van der Waals surface area contributed by atoms with Crippen LogP contribution < -0.4 is 5.73 Å². The topological polar surface area (TPSA) is 96.4 Å². The number of anilines is 1. The van der Waals surface area contributed by atoms with Crippen molar-refractivity contribution in [2.75, 3.05) is 32.5 Å². The lowest BCUT2D eigenvalue weighted by Crippen LogP contribution is -2.35. The molecule has 104 valence electrons. The van der Waals surface area contributed by atoms with Crippen molar-refractivity contribution in [2.45, 2.75) is 11.3 Å². The second-order valence-electron chi connectivity index (χ2n) is 3.84. The molecule has 0 spiro atoms. The molecule has 0 radical (unpaired) electrons. The molecule has 0 atom stereocenters. The standard InChI is InChI=1S/C12H17N3O3S/c1-18-10-9-15(8-4-7-13)19(16,17)12-6-3-2-5-11(12)14/h2-3,5-6H,4,8-10,14H2,1H3. The van der Waals surface area contributed by atoms with Crippen molar-refractivity contribution in [1.29, 1.82) is 5.26 Å². The molecule has 19 heavy (non-hydrogen) atoms. The molecular weight excluding hydrogens is 266 g/mol. The predicted molar refractivity (Wildman–Crippen MR) is 71.7 cm³/mol. The summed E-state index contributed by atoms with van der Waals surface area (Å²) >= 11 is 0. The van der Waals surface area contributed by atoms with Crippen LogP contribution >= 0.6 is 0 Å². The van der Waals surface area contributed by atoms with Gasteiger partial charge in [-0.15, -0.1) is 0 Å². The Morgan fingerprint density at radius 2 is 2.05 bits per heavy atom. The van der Waals surface area contributed by atoms with E-state index in [-0.39, 0.29) is 36.7 Å². The Kier molecular flexibility index (Phi) is 5.76. The molecule has 6 nitrogen and oxygen atoms in total. The molecule has 1 aromatic carbocycles. The number of sulfonamides is 1. The van der Waals surface area contributed by atoms with Crippen molar-refractivity contribution in [3.63, 3.8) is 0 Å². The Morgan fingerprint density at radius 3 is 2.63 bits per heavy atom. The number of rotatable bonds is 7. The Labute approximate surface area is 113 Å². The van der Waals surface area contributed by atoms with Crippen molar-refractivity contribution < 1.29 is 13.2 Å². The van der Waals surface area contributed by atoms with Crippen LogP contribution in [0.2, 0.25) is 0 Å². The average molecular weight is 283 g/mol. The first-order valence-electron chi connectivity index (χ1n) is 5.74. The summed E-state index contributed by atoms with van der Waals surface area (Å²) in [4.78, 5) is 0.0593. The number of ether oxygens (including phenoxy) is 1. The maximum atomic E-state index is 12.4. The average Bonchev–Trinajstić information content (AvgIpc) is 2.39. The first-order chi connectivity index (χ1) is 9.04. The van der Waals surface area contributed by atoms with Gasteiger partial charge in [0.15, 0.2) is 0 Å². The van der Waals surface area contributed by atoms with Gasteiger partial charge >= 0.3 is 0 Å². The third-order valence-corrected chi connectivity index (χ3v) is 4.53. The first-order valence-corrected chi connectivity index (χ1v) is 7.18. The van der Waals surface area contributed by atoms with E-state index in [0.717, 1.165) is 0 Å². The van der Waals surface area contributed by atoms with Crippen LogP contribution in [0.25, 0.3) is 0 Å². The van der Waals surface area contributed by atoms with Crippen molar-refractivity contribution in [2.24, 2.45) is 0 Å². The largest absolute Gasteiger partial charge is 0.398 e. The molecule has 1 rings (SSSR count). The number of nitriles is 1. The number of nitrogen functional groups attached to an aromatic ring is 1. The van der Waals surface area contributed by atoms with Gasteiger partial charge in [0.25, 0.3) is 0 Å². The quantitative estimate of drug-likeness (QED) is 0.747. The maximum absolute atomic E-state index is 12.4. The highest BCUT2D eigenvalue weighted by atomic mass is 32.2. The number of hydrogen-bond acceptors (Lipinski definition) is 5. The van der Waals surface area contributed by atoms with Gasteiger partial charge in [0.05, 0.1) is 18.4 Å². The minimum Gasteiger partial charge on any atom is -0.398 e. The van der Waals surface area contributed by atoms with Crippen molar-refractivity contribution >= 4 is 15.7 Å². The summed E-state index contributed by atoms with van der Waals surface area (Å²) in [5, 5.41) is 8.60. The number of nitrogens with zero attached hydrogens (tertiary/aromatic N) is 2. The minimum atomic E-state index is -3.70. The van der Waals surface area contributed by atoms with Crippen molar-refractivity contribution in [3.8, 4) is 6.07 Å². The fourth-order valence-corrected chi connectivity index (χ4v) is 3.12. The van der Waals surface area contributed by atoms with Crippen LogP contribution in [-0.2, 0) is 14.8 Å². The third-order valence-electron chi connectivity index (χ3n) is 2.55. The van der Waals surface area contributed by atoms with Crippen LogP contribution in [-0.4, -0.2) is 39.5 Å². The fraction of sp³-hybridized carbons (Fsp3) is 0.417. The summed E-state index contributed by atoms with van der Waals surface area (Å²) in [5.41, 5.74) is 5.90. The lowest BCUT2D eigenvalue weighted by atomic mass is 10.3. The van der Waals surface area contributed by atoms with Crippen LogP contribution in [0.1, 0.15) is 6.42 Å². The molecule has 0 amide bonds. The van der Waals surface area contributed by atoms with E-state index in [1.807, 2.05) is 6.07 Å². The normalized spacial score (nSPS) is 11.4. The second kappa shape index (κ2) is 7.09. The third kappa shape index (κ3) is 3.92. The van der Waals surface area contributed by atoms with E-state index in [1.165, 1.54) is 23.5 Å². The lowest BCUT2D eigenvalue weighted by Gasteiger charge is -2.21. The first kappa shape index (κ1) is 15.4. The zero-order valence-corrected chi connectivity index (χ0v) is 11.6. The molecule has 0 aliphatic rings. The molecule has 0 fully saturated rings. The van der Waals surface area contributed by atoms with Crippen molar-refractivity contribution in [3.05, 3.63) is 24.3 Å². The number of benzene rings is 1. The molecule has 0 bridgehead atoms. The Balaban J connectivity index is 3.05. The molecular formula is C12H17N3O3S. The van der Waals surface area contributed by atoms with Crippen molar-refractivity contribution in [1.82, 2.24) is 4.31 Å². The van der Waals surface area contributed by atoms with Gasteiger partial charge in [-0.3, -0.25) is 0 Å².